The zero-order valence-corrected chi connectivity index (χ0v) is 13.0. The molecule has 3 aromatic rings. The molecule has 0 radical (unpaired) electrons. The molecule has 2 heterocycles. The first-order chi connectivity index (χ1) is 10.7. The molecule has 1 N–H and O–H groups in total. The molecule has 1 atom stereocenters. The lowest BCUT2D eigenvalue weighted by Gasteiger charge is -2.12. The van der Waals surface area contributed by atoms with E-state index in [1.54, 1.807) is 6.20 Å². The first kappa shape index (κ1) is 14.8. The number of rotatable bonds is 6. The van der Waals surface area contributed by atoms with E-state index in [-0.39, 0.29) is 0 Å². The zero-order valence-electron chi connectivity index (χ0n) is 12.2. The molecule has 0 aliphatic heterocycles. The maximum Gasteiger partial charge on any atom is 0.168 e. The van der Waals surface area contributed by atoms with Gasteiger partial charge in [0.25, 0.3) is 0 Å². The third-order valence-electron chi connectivity index (χ3n) is 3.37. The Hall–Kier alpha value is -2.11. The Morgan fingerprint density at radius 2 is 2.23 bits per heavy atom. The molecule has 6 heteroatoms. The highest BCUT2D eigenvalue weighted by Gasteiger charge is 2.10. The molecular formula is C16H17ClN4O. The fraction of sp³-hybridized carbons (Fsp3) is 0.250. The Morgan fingerprint density at radius 3 is 3.00 bits per heavy atom. The SMILES string of the molecule is C[C@H](Cn1ccnc1)NCc1cc(-c2ccccc2Cl)on1. The zero-order chi connectivity index (χ0) is 15.4. The summed E-state index contributed by atoms with van der Waals surface area (Å²) >= 11 is 6.16. The lowest BCUT2D eigenvalue weighted by molar-refractivity contribution is 0.411. The van der Waals surface area contributed by atoms with Crippen molar-refractivity contribution < 1.29 is 4.52 Å². The first-order valence-corrected chi connectivity index (χ1v) is 7.50. The molecule has 22 heavy (non-hydrogen) atoms. The topological polar surface area (TPSA) is 55.9 Å². The monoisotopic (exact) mass is 316 g/mol. The number of hydrogen-bond donors (Lipinski definition) is 1. The molecule has 0 aliphatic carbocycles. The van der Waals surface area contributed by atoms with E-state index in [1.165, 1.54) is 0 Å². The molecule has 5 nitrogen and oxygen atoms in total. The third kappa shape index (κ3) is 3.55. The van der Waals surface area contributed by atoms with Crippen LogP contribution in [-0.2, 0) is 13.1 Å². The van der Waals surface area contributed by atoms with Crippen LogP contribution in [0.2, 0.25) is 5.02 Å². The van der Waals surface area contributed by atoms with Gasteiger partial charge in [0.2, 0.25) is 0 Å². The Kier molecular flexibility index (Phi) is 4.56. The van der Waals surface area contributed by atoms with Crippen LogP contribution in [0.25, 0.3) is 11.3 Å². The van der Waals surface area contributed by atoms with Crippen LogP contribution >= 0.6 is 11.6 Å². The van der Waals surface area contributed by atoms with Gasteiger partial charge in [-0.25, -0.2) is 4.98 Å². The molecule has 0 bridgehead atoms. The van der Waals surface area contributed by atoms with E-state index >= 15 is 0 Å². The van der Waals surface area contributed by atoms with Crippen LogP contribution in [0.4, 0.5) is 0 Å². The van der Waals surface area contributed by atoms with Gasteiger partial charge in [0.05, 0.1) is 17.0 Å². The Balaban J connectivity index is 1.59. The van der Waals surface area contributed by atoms with Gasteiger partial charge in [-0.15, -0.1) is 0 Å². The van der Waals surface area contributed by atoms with Crippen molar-refractivity contribution >= 4 is 11.6 Å². The smallest absolute Gasteiger partial charge is 0.168 e. The average molecular weight is 317 g/mol. The van der Waals surface area contributed by atoms with E-state index in [4.69, 9.17) is 16.1 Å². The average Bonchev–Trinajstić information content (AvgIpc) is 3.17. The van der Waals surface area contributed by atoms with Crippen molar-refractivity contribution in [2.45, 2.75) is 26.1 Å². The number of hydrogen-bond acceptors (Lipinski definition) is 4. The molecular weight excluding hydrogens is 300 g/mol. The molecule has 114 valence electrons. The number of halogens is 1. The molecule has 3 rings (SSSR count). The van der Waals surface area contributed by atoms with Crippen LogP contribution in [0.3, 0.4) is 0 Å². The summed E-state index contributed by atoms with van der Waals surface area (Å²) in [4.78, 5) is 4.03. The summed E-state index contributed by atoms with van der Waals surface area (Å²) in [5.74, 6) is 0.685. The van der Waals surface area contributed by atoms with Crippen molar-refractivity contribution in [2.24, 2.45) is 0 Å². The second kappa shape index (κ2) is 6.77. The molecule has 0 amide bonds. The summed E-state index contributed by atoms with van der Waals surface area (Å²) in [6, 6.07) is 9.79. The second-order valence-electron chi connectivity index (χ2n) is 5.20. The maximum atomic E-state index is 6.16. The van der Waals surface area contributed by atoms with Crippen molar-refractivity contribution in [3.63, 3.8) is 0 Å². The lowest BCUT2D eigenvalue weighted by Crippen LogP contribution is -2.29. The van der Waals surface area contributed by atoms with E-state index < -0.39 is 0 Å². The van der Waals surface area contributed by atoms with Gasteiger partial charge in [-0.3, -0.25) is 0 Å². The van der Waals surface area contributed by atoms with E-state index in [9.17, 15) is 0 Å². The molecule has 0 aliphatic rings. The molecule has 1 aromatic carbocycles. The van der Waals surface area contributed by atoms with E-state index in [0.717, 1.165) is 17.8 Å². The highest BCUT2D eigenvalue weighted by atomic mass is 35.5. The van der Waals surface area contributed by atoms with Crippen LogP contribution in [0.15, 0.2) is 53.6 Å². The highest BCUT2D eigenvalue weighted by Crippen LogP contribution is 2.27. The molecule has 0 fully saturated rings. The van der Waals surface area contributed by atoms with Crippen LogP contribution in [-0.4, -0.2) is 20.7 Å². The highest BCUT2D eigenvalue weighted by molar-refractivity contribution is 6.33. The van der Waals surface area contributed by atoms with Crippen molar-refractivity contribution in [2.75, 3.05) is 0 Å². The first-order valence-electron chi connectivity index (χ1n) is 7.12. The summed E-state index contributed by atoms with van der Waals surface area (Å²) in [6.45, 7) is 3.62. The van der Waals surface area contributed by atoms with Gasteiger partial charge in [0.1, 0.15) is 0 Å². The predicted octanol–water partition coefficient (Wildman–Crippen LogP) is 3.37. The number of imidazole rings is 1. The van der Waals surface area contributed by atoms with Crippen LogP contribution in [0.1, 0.15) is 12.6 Å². The Bertz CT molecular complexity index is 723. The number of nitrogens with one attached hydrogen (secondary N) is 1. The van der Waals surface area contributed by atoms with Gasteiger partial charge in [-0.2, -0.15) is 0 Å². The summed E-state index contributed by atoms with van der Waals surface area (Å²) in [5, 5.41) is 8.16. The second-order valence-corrected chi connectivity index (χ2v) is 5.61. The van der Waals surface area contributed by atoms with Gasteiger partial charge in [0, 0.05) is 43.2 Å². The van der Waals surface area contributed by atoms with E-state index in [1.807, 2.05) is 47.4 Å². The van der Waals surface area contributed by atoms with Gasteiger partial charge >= 0.3 is 0 Å². The Morgan fingerprint density at radius 1 is 1.36 bits per heavy atom. The number of benzene rings is 1. The van der Waals surface area contributed by atoms with Crippen molar-refractivity contribution in [3.05, 3.63) is 59.8 Å². The predicted molar refractivity (Wildman–Crippen MR) is 85.5 cm³/mol. The fourth-order valence-corrected chi connectivity index (χ4v) is 2.47. The van der Waals surface area contributed by atoms with Gasteiger partial charge in [-0.1, -0.05) is 28.9 Å². The third-order valence-corrected chi connectivity index (χ3v) is 3.70. The quantitative estimate of drug-likeness (QED) is 0.757. The van der Waals surface area contributed by atoms with Crippen LogP contribution in [0, 0.1) is 0 Å². The Labute approximate surface area is 133 Å². The summed E-state index contributed by atoms with van der Waals surface area (Å²) in [5.41, 5.74) is 1.71. The fourth-order valence-electron chi connectivity index (χ4n) is 2.24. The standard InChI is InChI=1S/C16H17ClN4O/c1-12(10-21-7-6-18-11-21)19-9-13-8-16(22-20-13)14-4-2-3-5-15(14)17/h2-8,11-12,19H,9-10H2,1H3/t12-/m1/s1. The molecule has 0 spiro atoms. The molecule has 0 unspecified atom stereocenters. The summed E-state index contributed by atoms with van der Waals surface area (Å²) < 4.78 is 7.42. The van der Waals surface area contributed by atoms with Crippen molar-refractivity contribution in [1.29, 1.82) is 0 Å². The van der Waals surface area contributed by atoms with Crippen LogP contribution < -0.4 is 5.32 Å². The minimum Gasteiger partial charge on any atom is -0.356 e. The van der Waals surface area contributed by atoms with Crippen molar-refractivity contribution in [3.8, 4) is 11.3 Å². The maximum absolute atomic E-state index is 6.16. The van der Waals surface area contributed by atoms with Gasteiger partial charge in [-0.05, 0) is 19.1 Å². The minimum absolute atomic E-state index is 0.301. The molecule has 2 aromatic heterocycles. The largest absolute Gasteiger partial charge is 0.356 e. The summed E-state index contributed by atoms with van der Waals surface area (Å²) in [7, 11) is 0. The lowest BCUT2D eigenvalue weighted by atomic mass is 10.1. The normalized spacial score (nSPS) is 12.5. The summed E-state index contributed by atoms with van der Waals surface area (Å²) in [6.07, 6.45) is 5.54. The van der Waals surface area contributed by atoms with Crippen molar-refractivity contribution in [1.82, 2.24) is 20.0 Å². The van der Waals surface area contributed by atoms with E-state index in [2.05, 4.69) is 22.4 Å². The van der Waals surface area contributed by atoms with E-state index in [0.29, 0.717) is 23.4 Å². The number of nitrogens with zero attached hydrogens (tertiary/aromatic N) is 3. The minimum atomic E-state index is 0.301. The van der Waals surface area contributed by atoms with Gasteiger partial charge in [0.15, 0.2) is 5.76 Å². The van der Waals surface area contributed by atoms with Crippen LogP contribution in [0.5, 0.6) is 0 Å². The number of aromatic nitrogens is 3. The molecule has 0 saturated heterocycles. The van der Waals surface area contributed by atoms with Gasteiger partial charge < -0.3 is 14.4 Å². The molecule has 0 saturated carbocycles.